The fraction of sp³-hybridized carbons (Fsp3) is 0.556. The number of nitrogens with one attached hydrogen (secondary N) is 2. The average molecular weight is 384 g/mol. The second-order valence-corrected chi connectivity index (χ2v) is 7.71. The summed E-state index contributed by atoms with van der Waals surface area (Å²) in [5, 5.41) is 6.83. The first-order valence-corrected chi connectivity index (χ1v) is 9.53. The molecule has 1 heterocycles. The highest BCUT2D eigenvalue weighted by Gasteiger charge is 2.34. The van der Waals surface area contributed by atoms with E-state index in [1.165, 1.54) is 0 Å². The fourth-order valence-corrected chi connectivity index (χ4v) is 3.23. The Labute approximate surface area is 159 Å². The molecule has 0 atom stereocenters. The Hall–Kier alpha value is -1.40. The van der Waals surface area contributed by atoms with Crippen LogP contribution in [0.2, 0.25) is 5.02 Å². The van der Waals surface area contributed by atoms with Crippen molar-refractivity contribution < 1.29 is 9.59 Å². The third kappa shape index (κ3) is 5.82. The van der Waals surface area contributed by atoms with E-state index in [0.717, 1.165) is 18.5 Å². The molecular weight excluding hydrogens is 358 g/mol. The van der Waals surface area contributed by atoms with Gasteiger partial charge in [0, 0.05) is 30.3 Å². The van der Waals surface area contributed by atoms with Crippen molar-refractivity contribution >= 4 is 41.7 Å². The number of hydrogen-bond acceptors (Lipinski definition) is 4. The lowest BCUT2D eigenvalue weighted by atomic mass is 9.94. The van der Waals surface area contributed by atoms with Gasteiger partial charge in [-0.2, -0.15) is 12.6 Å². The summed E-state index contributed by atoms with van der Waals surface area (Å²) < 4.78 is 0. The summed E-state index contributed by atoms with van der Waals surface area (Å²) in [6.07, 6.45) is 1.80. The number of likely N-dealkylation sites (tertiary alicyclic amines) is 1. The molecule has 5 nitrogen and oxygen atoms in total. The summed E-state index contributed by atoms with van der Waals surface area (Å²) in [5.41, 5.74) is 0.174. The number of hydrogen-bond donors (Lipinski definition) is 3. The Bertz CT molecular complexity index is 599. The number of thiol groups is 1. The summed E-state index contributed by atoms with van der Waals surface area (Å²) in [5.74, 6) is 0.665. The largest absolute Gasteiger partial charge is 0.372 e. The molecule has 1 saturated heterocycles. The topological polar surface area (TPSA) is 61.4 Å². The van der Waals surface area contributed by atoms with Crippen molar-refractivity contribution in [3.05, 3.63) is 29.3 Å². The number of rotatable bonds is 6. The zero-order valence-electron chi connectivity index (χ0n) is 14.7. The number of halogens is 1. The van der Waals surface area contributed by atoms with Gasteiger partial charge in [0.25, 0.3) is 0 Å². The van der Waals surface area contributed by atoms with Crippen molar-refractivity contribution in [1.29, 1.82) is 0 Å². The number of anilines is 1. The zero-order valence-corrected chi connectivity index (χ0v) is 16.4. The number of piperidine rings is 1. The van der Waals surface area contributed by atoms with Crippen molar-refractivity contribution in [2.24, 2.45) is 5.92 Å². The molecule has 0 radical (unpaired) electrons. The molecular formula is C18H26ClN3O2S. The molecule has 1 fully saturated rings. The average Bonchev–Trinajstić information content (AvgIpc) is 2.61. The van der Waals surface area contributed by atoms with Gasteiger partial charge in [0.1, 0.15) is 5.54 Å². The Morgan fingerprint density at radius 3 is 2.40 bits per heavy atom. The standard InChI is InChI=1S/C18H26ClN3O2S/c1-18(2,21-15-5-3-14(19)4-6-15)17(24)22-9-7-13(8-10-22)11-20-16(23)12-25/h3-6,13,21,25H,7-12H2,1-2H3,(H,20,23). The third-order valence-corrected chi connectivity index (χ3v) is 5.01. The highest BCUT2D eigenvalue weighted by Crippen LogP contribution is 2.23. The van der Waals surface area contributed by atoms with Gasteiger partial charge in [0.2, 0.25) is 11.8 Å². The number of carbonyl (C=O) groups is 2. The first-order valence-electron chi connectivity index (χ1n) is 8.52. The summed E-state index contributed by atoms with van der Waals surface area (Å²) >= 11 is 9.86. The van der Waals surface area contributed by atoms with Crippen LogP contribution >= 0.6 is 24.2 Å². The van der Waals surface area contributed by atoms with Crippen LogP contribution in [0.1, 0.15) is 26.7 Å². The molecule has 1 aromatic carbocycles. The minimum absolute atomic E-state index is 0.0462. The minimum Gasteiger partial charge on any atom is -0.372 e. The van der Waals surface area contributed by atoms with E-state index < -0.39 is 5.54 Å². The van der Waals surface area contributed by atoms with Gasteiger partial charge in [-0.3, -0.25) is 9.59 Å². The summed E-state index contributed by atoms with van der Waals surface area (Å²) in [7, 11) is 0. The quantitative estimate of drug-likeness (QED) is 0.662. The monoisotopic (exact) mass is 383 g/mol. The molecule has 0 unspecified atom stereocenters. The van der Waals surface area contributed by atoms with E-state index in [-0.39, 0.29) is 17.6 Å². The van der Waals surface area contributed by atoms with Crippen LogP contribution in [0.5, 0.6) is 0 Å². The van der Waals surface area contributed by atoms with E-state index >= 15 is 0 Å². The van der Waals surface area contributed by atoms with E-state index in [0.29, 0.717) is 30.6 Å². The van der Waals surface area contributed by atoms with Gasteiger partial charge in [-0.05, 0) is 56.9 Å². The molecule has 25 heavy (non-hydrogen) atoms. The van der Waals surface area contributed by atoms with Crippen molar-refractivity contribution in [2.45, 2.75) is 32.2 Å². The molecule has 1 aromatic rings. The maximum atomic E-state index is 12.9. The van der Waals surface area contributed by atoms with Gasteiger partial charge in [0.15, 0.2) is 0 Å². The van der Waals surface area contributed by atoms with Gasteiger partial charge in [0.05, 0.1) is 5.75 Å². The van der Waals surface area contributed by atoms with Gasteiger partial charge >= 0.3 is 0 Å². The maximum absolute atomic E-state index is 12.9. The van der Waals surface area contributed by atoms with Gasteiger partial charge in [-0.15, -0.1) is 0 Å². The predicted molar refractivity (Wildman–Crippen MR) is 105 cm³/mol. The molecule has 138 valence electrons. The molecule has 2 rings (SSSR count). The molecule has 7 heteroatoms. The second-order valence-electron chi connectivity index (χ2n) is 6.95. The fourth-order valence-electron chi connectivity index (χ4n) is 3.00. The molecule has 0 spiro atoms. The Morgan fingerprint density at radius 2 is 1.84 bits per heavy atom. The maximum Gasteiger partial charge on any atom is 0.247 e. The van der Waals surface area contributed by atoms with Crippen LogP contribution in [-0.2, 0) is 9.59 Å². The Morgan fingerprint density at radius 1 is 1.24 bits per heavy atom. The van der Waals surface area contributed by atoms with Gasteiger partial charge in [-0.1, -0.05) is 11.6 Å². The summed E-state index contributed by atoms with van der Waals surface area (Å²) in [6.45, 7) is 5.87. The Balaban J connectivity index is 1.85. The highest BCUT2D eigenvalue weighted by atomic mass is 35.5. The smallest absolute Gasteiger partial charge is 0.247 e. The number of nitrogens with zero attached hydrogens (tertiary/aromatic N) is 1. The van der Waals surface area contributed by atoms with Crippen LogP contribution in [0.3, 0.4) is 0 Å². The molecule has 2 N–H and O–H groups in total. The number of amides is 2. The molecule has 1 aliphatic rings. The van der Waals surface area contributed by atoms with Gasteiger partial charge < -0.3 is 15.5 Å². The SMILES string of the molecule is CC(C)(Nc1ccc(Cl)cc1)C(=O)N1CCC(CNC(=O)CS)CC1. The zero-order chi connectivity index (χ0) is 18.4. The van der Waals surface area contributed by atoms with E-state index in [1.807, 2.05) is 30.9 Å². The highest BCUT2D eigenvalue weighted by molar-refractivity contribution is 7.81. The summed E-state index contributed by atoms with van der Waals surface area (Å²) in [6, 6.07) is 7.34. The van der Waals surface area contributed by atoms with E-state index in [4.69, 9.17) is 11.6 Å². The number of benzene rings is 1. The van der Waals surface area contributed by atoms with Crippen LogP contribution in [0.25, 0.3) is 0 Å². The Kier molecular flexibility index (Phi) is 7.02. The van der Waals surface area contributed by atoms with Crippen LogP contribution in [0, 0.1) is 5.92 Å². The van der Waals surface area contributed by atoms with Crippen molar-refractivity contribution in [3.8, 4) is 0 Å². The molecule has 0 aliphatic carbocycles. The van der Waals surface area contributed by atoms with Crippen molar-refractivity contribution in [1.82, 2.24) is 10.2 Å². The molecule has 0 saturated carbocycles. The first kappa shape index (κ1) is 19.9. The second kappa shape index (κ2) is 8.81. The van der Waals surface area contributed by atoms with Gasteiger partial charge in [-0.25, -0.2) is 0 Å². The first-order chi connectivity index (χ1) is 11.8. The van der Waals surface area contributed by atoms with Crippen LogP contribution in [-0.4, -0.2) is 47.6 Å². The molecule has 0 bridgehead atoms. The third-order valence-electron chi connectivity index (χ3n) is 4.47. The van der Waals surface area contributed by atoms with Crippen LogP contribution in [0.15, 0.2) is 24.3 Å². The molecule has 1 aliphatic heterocycles. The van der Waals surface area contributed by atoms with E-state index in [1.54, 1.807) is 12.1 Å². The van der Waals surface area contributed by atoms with Crippen LogP contribution in [0.4, 0.5) is 5.69 Å². The lowest BCUT2D eigenvalue weighted by molar-refractivity contribution is -0.136. The minimum atomic E-state index is -0.694. The van der Waals surface area contributed by atoms with Crippen molar-refractivity contribution in [3.63, 3.8) is 0 Å². The normalized spacial score (nSPS) is 15.8. The molecule has 0 aromatic heterocycles. The lowest BCUT2D eigenvalue weighted by Crippen LogP contribution is -2.52. The van der Waals surface area contributed by atoms with E-state index in [2.05, 4.69) is 23.3 Å². The predicted octanol–water partition coefficient (Wildman–Crippen LogP) is 2.82. The lowest BCUT2D eigenvalue weighted by Gasteiger charge is -2.37. The van der Waals surface area contributed by atoms with Crippen molar-refractivity contribution in [2.75, 3.05) is 30.7 Å². The molecule has 2 amide bonds. The van der Waals surface area contributed by atoms with Crippen LogP contribution < -0.4 is 10.6 Å². The summed E-state index contributed by atoms with van der Waals surface area (Å²) in [4.78, 5) is 26.1. The van der Waals surface area contributed by atoms with E-state index in [9.17, 15) is 9.59 Å². The number of carbonyl (C=O) groups excluding carboxylic acids is 2.